The van der Waals surface area contributed by atoms with Gasteiger partial charge in [0.2, 0.25) is 11.1 Å². The molecule has 0 fully saturated rings. The molecule has 3 N–H and O–H groups in total. The standard InChI is InChI=1S/C19H24N6OS2/c1-11-6-7-13(8-12(11)2)14-9-27-17(21-14)22-15(26)10-28-18-24-23-16(25(18)20)19(3,4)5/h6-9H,10,20H2,1-5H3,(H,21,22,26). The lowest BCUT2D eigenvalue weighted by atomic mass is 9.96. The van der Waals surface area contributed by atoms with Crippen molar-refractivity contribution in [3.8, 4) is 11.3 Å². The Morgan fingerprint density at radius 3 is 2.64 bits per heavy atom. The first kappa shape index (κ1) is 20.3. The molecule has 0 atom stereocenters. The Hall–Kier alpha value is -2.39. The van der Waals surface area contributed by atoms with Gasteiger partial charge >= 0.3 is 0 Å². The van der Waals surface area contributed by atoms with Crippen LogP contribution in [0.4, 0.5) is 5.13 Å². The Balaban J connectivity index is 1.61. The van der Waals surface area contributed by atoms with Crippen molar-refractivity contribution in [1.29, 1.82) is 0 Å². The van der Waals surface area contributed by atoms with Crippen LogP contribution in [0.3, 0.4) is 0 Å². The number of benzene rings is 1. The molecule has 1 amide bonds. The predicted octanol–water partition coefficient (Wildman–Crippen LogP) is 3.76. The minimum atomic E-state index is -0.214. The number of nitrogens with zero attached hydrogens (tertiary/aromatic N) is 4. The molecule has 28 heavy (non-hydrogen) atoms. The number of aryl methyl sites for hydroxylation is 2. The summed E-state index contributed by atoms with van der Waals surface area (Å²) in [7, 11) is 0. The second-order valence-corrected chi connectivity index (χ2v) is 9.40. The van der Waals surface area contributed by atoms with Gasteiger partial charge in [-0.1, -0.05) is 44.7 Å². The van der Waals surface area contributed by atoms with Crippen LogP contribution in [0.1, 0.15) is 37.7 Å². The molecule has 0 radical (unpaired) electrons. The molecule has 0 aliphatic heterocycles. The third-order valence-electron chi connectivity index (χ3n) is 4.22. The van der Waals surface area contributed by atoms with Crippen molar-refractivity contribution >= 4 is 34.1 Å². The number of rotatable bonds is 5. The number of nitrogens with one attached hydrogen (secondary N) is 1. The van der Waals surface area contributed by atoms with Crippen molar-refractivity contribution in [1.82, 2.24) is 19.9 Å². The van der Waals surface area contributed by atoms with Crippen LogP contribution in [0.2, 0.25) is 0 Å². The van der Waals surface area contributed by atoms with Crippen LogP contribution in [-0.2, 0) is 10.2 Å². The minimum absolute atomic E-state index is 0.161. The highest BCUT2D eigenvalue weighted by molar-refractivity contribution is 7.99. The van der Waals surface area contributed by atoms with E-state index in [0.717, 1.165) is 11.3 Å². The number of hydrogen-bond donors (Lipinski definition) is 2. The molecule has 0 saturated carbocycles. The monoisotopic (exact) mass is 416 g/mol. The molecule has 0 aliphatic carbocycles. The van der Waals surface area contributed by atoms with Gasteiger partial charge in [-0.25, -0.2) is 9.66 Å². The molecule has 0 saturated heterocycles. The van der Waals surface area contributed by atoms with Crippen LogP contribution in [-0.4, -0.2) is 31.5 Å². The summed E-state index contributed by atoms with van der Waals surface area (Å²) in [6.45, 7) is 10.2. The fraction of sp³-hybridized carbons (Fsp3) is 0.368. The fourth-order valence-corrected chi connectivity index (χ4v) is 3.93. The largest absolute Gasteiger partial charge is 0.336 e. The van der Waals surface area contributed by atoms with Crippen molar-refractivity contribution in [2.45, 2.75) is 45.2 Å². The van der Waals surface area contributed by atoms with Crippen LogP contribution in [0.25, 0.3) is 11.3 Å². The van der Waals surface area contributed by atoms with Crippen molar-refractivity contribution in [2.75, 3.05) is 16.9 Å². The summed E-state index contributed by atoms with van der Waals surface area (Å²) in [4.78, 5) is 16.8. The van der Waals surface area contributed by atoms with E-state index in [4.69, 9.17) is 5.84 Å². The highest BCUT2D eigenvalue weighted by Crippen LogP contribution is 2.27. The first-order chi connectivity index (χ1) is 13.1. The number of nitrogens with two attached hydrogens (primary N) is 1. The average molecular weight is 417 g/mol. The lowest BCUT2D eigenvalue weighted by molar-refractivity contribution is -0.113. The molecule has 148 valence electrons. The summed E-state index contributed by atoms with van der Waals surface area (Å²) in [5.41, 5.74) is 4.14. The van der Waals surface area contributed by atoms with E-state index in [0.29, 0.717) is 16.1 Å². The van der Waals surface area contributed by atoms with Gasteiger partial charge in [-0.15, -0.1) is 21.5 Å². The van der Waals surface area contributed by atoms with Gasteiger partial charge in [-0.3, -0.25) is 4.79 Å². The first-order valence-electron chi connectivity index (χ1n) is 8.82. The number of carbonyl (C=O) groups excluding carboxylic acids is 1. The van der Waals surface area contributed by atoms with Crippen molar-refractivity contribution < 1.29 is 4.79 Å². The van der Waals surface area contributed by atoms with E-state index in [-0.39, 0.29) is 17.1 Å². The highest BCUT2D eigenvalue weighted by Gasteiger charge is 2.23. The number of nitrogen functional groups attached to an aromatic ring is 1. The Morgan fingerprint density at radius 2 is 2.00 bits per heavy atom. The zero-order valence-electron chi connectivity index (χ0n) is 16.6. The van der Waals surface area contributed by atoms with Gasteiger partial charge in [0.25, 0.3) is 0 Å². The molecule has 2 heterocycles. The number of carbonyl (C=O) groups is 1. The molecular weight excluding hydrogens is 392 g/mol. The predicted molar refractivity (Wildman–Crippen MR) is 115 cm³/mol. The molecule has 0 spiro atoms. The van der Waals surface area contributed by atoms with E-state index < -0.39 is 0 Å². The molecule has 1 aromatic carbocycles. The molecule has 3 aromatic rings. The Bertz CT molecular complexity index is 1000. The number of thioether (sulfide) groups is 1. The summed E-state index contributed by atoms with van der Waals surface area (Å²) >= 11 is 2.65. The molecule has 0 aliphatic rings. The molecule has 7 nitrogen and oxygen atoms in total. The normalized spacial score (nSPS) is 11.6. The van der Waals surface area contributed by atoms with Crippen LogP contribution >= 0.6 is 23.1 Å². The molecule has 2 aromatic heterocycles. The van der Waals surface area contributed by atoms with E-state index >= 15 is 0 Å². The van der Waals surface area contributed by atoms with Crippen molar-refractivity contribution in [3.05, 3.63) is 40.5 Å². The SMILES string of the molecule is Cc1ccc(-c2csc(NC(=O)CSc3nnc(C(C)(C)C)n3N)n2)cc1C. The van der Waals surface area contributed by atoms with Gasteiger partial charge in [0, 0.05) is 16.4 Å². The van der Waals surface area contributed by atoms with Gasteiger partial charge in [0.15, 0.2) is 11.0 Å². The van der Waals surface area contributed by atoms with Gasteiger partial charge in [-0.2, -0.15) is 0 Å². The summed E-state index contributed by atoms with van der Waals surface area (Å²) in [6.07, 6.45) is 0. The second-order valence-electron chi connectivity index (χ2n) is 7.60. The number of amides is 1. The van der Waals surface area contributed by atoms with Gasteiger partial charge in [-0.05, 0) is 31.0 Å². The van der Waals surface area contributed by atoms with Crippen LogP contribution in [0, 0.1) is 13.8 Å². The maximum Gasteiger partial charge on any atom is 0.236 e. The fourth-order valence-electron chi connectivity index (χ4n) is 2.54. The maximum absolute atomic E-state index is 12.3. The molecular formula is C19H24N6OS2. The summed E-state index contributed by atoms with van der Waals surface area (Å²) < 4.78 is 1.44. The molecule has 0 bridgehead atoms. The number of anilines is 1. The summed E-state index contributed by atoms with van der Waals surface area (Å²) in [5, 5.41) is 14.1. The number of aromatic nitrogens is 4. The van der Waals surface area contributed by atoms with Crippen LogP contribution in [0.5, 0.6) is 0 Å². The zero-order chi connectivity index (χ0) is 20.5. The minimum Gasteiger partial charge on any atom is -0.336 e. The third-order valence-corrected chi connectivity index (χ3v) is 5.92. The van der Waals surface area contributed by atoms with E-state index in [1.807, 2.05) is 32.2 Å². The lowest BCUT2D eigenvalue weighted by Gasteiger charge is -2.16. The first-order valence-corrected chi connectivity index (χ1v) is 10.7. The molecule has 3 rings (SSSR count). The van der Waals surface area contributed by atoms with Crippen molar-refractivity contribution in [2.24, 2.45) is 0 Å². The smallest absolute Gasteiger partial charge is 0.236 e. The van der Waals surface area contributed by atoms with Crippen LogP contribution < -0.4 is 11.2 Å². The quantitative estimate of drug-likeness (QED) is 0.485. The summed E-state index contributed by atoms with van der Waals surface area (Å²) in [6, 6.07) is 6.22. The Kier molecular flexibility index (Phi) is 5.76. The third kappa shape index (κ3) is 4.53. The highest BCUT2D eigenvalue weighted by atomic mass is 32.2. The van der Waals surface area contributed by atoms with Gasteiger partial charge in [0.05, 0.1) is 11.4 Å². The summed E-state index contributed by atoms with van der Waals surface area (Å²) in [5.74, 6) is 6.74. The molecule has 0 unspecified atom stereocenters. The van der Waals surface area contributed by atoms with E-state index in [1.54, 1.807) is 0 Å². The van der Waals surface area contributed by atoms with Crippen LogP contribution in [0.15, 0.2) is 28.7 Å². The lowest BCUT2D eigenvalue weighted by Crippen LogP contribution is -2.24. The second kappa shape index (κ2) is 7.92. The number of thiazole rings is 1. The van der Waals surface area contributed by atoms with E-state index in [1.165, 1.54) is 38.9 Å². The Labute approximate surface area is 172 Å². The van der Waals surface area contributed by atoms with Gasteiger partial charge < -0.3 is 11.2 Å². The molecule has 9 heteroatoms. The Morgan fingerprint density at radius 1 is 1.25 bits per heavy atom. The van der Waals surface area contributed by atoms with Crippen molar-refractivity contribution in [3.63, 3.8) is 0 Å². The van der Waals surface area contributed by atoms with E-state index in [2.05, 4.69) is 46.5 Å². The zero-order valence-corrected chi connectivity index (χ0v) is 18.2. The number of hydrogen-bond acceptors (Lipinski definition) is 7. The van der Waals surface area contributed by atoms with Gasteiger partial charge in [0.1, 0.15) is 0 Å². The average Bonchev–Trinajstić information content (AvgIpc) is 3.22. The topological polar surface area (TPSA) is 98.7 Å². The van der Waals surface area contributed by atoms with E-state index in [9.17, 15) is 4.79 Å². The maximum atomic E-state index is 12.3.